The van der Waals surface area contributed by atoms with E-state index in [9.17, 15) is 4.79 Å². The summed E-state index contributed by atoms with van der Waals surface area (Å²) < 4.78 is 0. The van der Waals surface area contributed by atoms with Crippen molar-refractivity contribution in [2.45, 2.75) is 26.8 Å². The van der Waals surface area contributed by atoms with Gasteiger partial charge >= 0.3 is 0 Å². The van der Waals surface area contributed by atoms with E-state index in [2.05, 4.69) is 22.1 Å². The number of nitrogens with one attached hydrogen (secondary N) is 1. The van der Waals surface area contributed by atoms with Crippen LogP contribution in [0.3, 0.4) is 0 Å². The summed E-state index contributed by atoms with van der Waals surface area (Å²) in [5, 5.41) is 3.39. The molecule has 0 fully saturated rings. The zero-order valence-electron chi connectivity index (χ0n) is 13.2. The standard InChI is InChI=1S/C15H26N4O/c1-6-19(7-2)15(20)14-10-13(8-9-16-14)17-12(3)11-18(4)5/h8-10,12H,6-7,11H2,1-5H3,(H,16,17). The maximum absolute atomic E-state index is 12.3. The molecule has 0 aliphatic carbocycles. The summed E-state index contributed by atoms with van der Waals surface area (Å²) in [5.74, 6) is -0.0149. The maximum atomic E-state index is 12.3. The number of amides is 1. The third kappa shape index (κ3) is 4.81. The molecule has 0 radical (unpaired) electrons. The fraction of sp³-hybridized carbons (Fsp3) is 0.600. The summed E-state index contributed by atoms with van der Waals surface area (Å²) in [5.41, 5.74) is 1.43. The normalized spacial score (nSPS) is 12.3. The number of hydrogen-bond donors (Lipinski definition) is 1. The SMILES string of the molecule is CCN(CC)C(=O)c1cc(NC(C)CN(C)C)ccn1. The fourth-order valence-corrected chi connectivity index (χ4v) is 2.19. The molecule has 5 heteroatoms. The molecule has 0 saturated carbocycles. The molecule has 1 N–H and O–H groups in total. The Bertz CT molecular complexity index is 430. The monoisotopic (exact) mass is 278 g/mol. The van der Waals surface area contributed by atoms with Crippen molar-refractivity contribution in [2.75, 3.05) is 39.0 Å². The lowest BCUT2D eigenvalue weighted by Crippen LogP contribution is -2.32. The minimum absolute atomic E-state index is 0.0149. The van der Waals surface area contributed by atoms with Gasteiger partial charge in [0.1, 0.15) is 5.69 Å². The lowest BCUT2D eigenvalue weighted by molar-refractivity contribution is 0.0767. The summed E-state index contributed by atoms with van der Waals surface area (Å²) >= 11 is 0. The minimum Gasteiger partial charge on any atom is -0.381 e. The molecule has 20 heavy (non-hydrogen) atoms. The lowest BCUT2D eigenvalue weighted by atomic mass is 10.2. The van der Waals surface area contributed by atoms with Crippen molar-refractivity contribution in [1.29, 1.82) is 0 Å². The highest BCUT2D eigenvalue weighted by atomic mass is 16.2. The van der Waals surface area contributed by atoms with Gasteiger partial charge in [0.15, 0.2) is 0 Å². The molecule has 112 valence electrons. The number of likely N-dealkylation sites (N-methyl/N-ethyl adjacent to an activating group) is 1. The highest BCUT2D eigenvalue weighted by Gasteiger charge is 2.14. The molecule has 1 amide bonds. The highest BCUT2D eigenvalue weighted by Crippen LogP contribution is 2.11. The predicted octanol–water partition coefficient (Wildman–Crippen LogP) is 1.93. The van der Waals surface area contributed by atoms with Crippen LogP contribution in [0.25, 0.3) is 0 Å². The maximum Gasteiger partial charge on any atom is 0.272 e. The molecular weight excluding hydrogens is 252 g/mol. The van der Waals surface area contributed by atoms with Crippen molar-refractivity contribution in [3.63, 3.8) is 0 Å². The van der Waals surface area contributed by atoms with E-state index < -0.39 is 0 Å². The van der Waals surface area contributed by atoms with Crippen molar-refractivity contribution in [1.82, 2.24) is 14.8 Å². The number of hydrogen-bond acceptors (Lipinski definition) is 4. The molecule has 0 saturated heterocycles. The second-order valence-electron chi connectivity index (χ2n) is 5.21. The zero-order chi connectivity index (χ0) is 15.1. The van der Waals surface area contributed by atoms with E-state index in [0.717, 1.165) is 12.2 Å². The average Bonchev–Trinajstić information content (AvgIpc) is 2.39. The predicted molar refractivity (Wildman–Crippen MR) is 83.1 cm³/mol. The van der Waals surface area contributed by atoms with Crippen LogP contribution in [0.5, 0.6) is 0 Å². The van der Waals surface area contributed by atoms with Crippen LogP contribution < -0.4 is 5.32 Å². The molecule has 0 aliphatic rings. The number of aromatic nitrogens is 1. The van der Waals surface area contributed by atoms with Gasteiger partial charge in [-0.3, -0.25) is 9.78 Å². The topological polar surface area (TPSA) is 48.5 Å². The van der Waals surface area contributed by atoms with Gasteiger partial charge in [-0.2, -0.15) is 0 Å². The molecule has 1 unspecified atom stereocenters. The molecule has 1 atom stereocenters. The van der Waals surface area contributed by atoms with E-state index in [4.69, 9.17) is 0 Å². The summed E-state index contributed by atoms with van der Waals surface area (Å²) in [6, 6.07) is 4.03. The van der Waals surface area contributed by atoms with Crippen molar-refractivity contribution in [3.05, 3.63) is 24.0 Å². The molecular formula is C15H26N4O. The van der Waals surface area contributed by atoms with Gasteiger partial charge in [0.25, 0.3) is 5.91 Å². The van der Waals surface area contributed by atoms with Crippen molar-refractivity contribution in [3.8, 4) is 0 Å². The van der Waals surface area contributed by atoms with Crippen molar-refractivity contribution in [2.24, 2.45) is 0 Å². The summed E-state index contributed by atoms with van der Waals surface area (Å²) in [4.78, 5) is 20.3. The molecule has 1 aromatic rings. The van der Waals surface area contributed by atoms with E-state index in [0.29, 0.717) is 24.8 Å². The Morgan fingerprint density at radius 2 is 2.00 bits per heavy atom. The van der Waals surface area contributed by atoms with Gasteiger partial charge in [-0.05, 0) is 47.0 Å². The van der Waals surface area contributed by atoms with Gasteiger partial charge < -0.3 is 15.1 Å². The highest BCUT2D eigenvalue weighted by molar-refractivity contribution is 5.93. The van der Waals surface area contributed by atoms with E-state index >= 15 is 0 Å². The third-order valence-corrected chi connectivity index (χ3v) is 3.08. The molecule has 1 heterocycles. The molecule has 5 nitrogen and oxygen atoms in total. The van der Waals surface area contributed by atoms with E-state index in [-0.39, 0.29) is 5.91 Å². The largest absolute Gasteiger partial charge is 0.381 e. The van der Waals surface area contributed by atoms with Crippen LogP contribution in [0.15, 0.2) is 18.3 Å². The number of anilines is 1. The van der Waals surface area contributed by atoms with Crippen molar-refractivity contribution < 1.29 is 4.79 Å². The van der Waals surface area contributed by atoms with E-state index in [1.165, 1.54) is 0 Å². The van der Waals surface area contributed by atoms with Gasteiger partial charge in [-0.15, -0.1) is 0 Å². The van der Waals surface area contributed by atoms with Gasteiger partial charge in [0.05, 0.1) is 0 Å². The van der Waals surface area contributed by atoms with Gasteiger partial charge in [-0.1, -0.05) is 0 Å². The van der Waals surface area contributed by atoms with Crippen LogP contribution in [0.1, 0.15) is 31.3 Å². The van der Waals surface area contributed by atoms with Crippen LogP contribution in [0, 0.1) is 0 Å². The van der Waals surface area contributed by atoms with Crippen LogP contribution in [-0.4, -0.2) is 60.5 Å². The van der Waals surface area contributed by atoms with Crippen molar-refractivity contribution >= 4 is 11.6 Å². The Labute approximate surface area is 122 Å². The minimum atomic E-state index is -0.0149. The second-order valence-corrected chi connectivity index (χ2v) is 5.21. The first-order chi connectivity index (χ1) is 9.47. The Balaban J connectivity index is 2.77. The van der Waals surface area contributed by atoms with Gasteiger partial charge in [-0.25, -0.2) is 0 Å². The Hall–Kier alpha value is -1.62. The first kappa shape index (κ1) is 16.4. The summed E-state index contributed by atoms with van der Waals surface area (Å²) in [6.07, 6.45) is 1.68. The number of nitrogens with zero attached hydrogens (tertiary/aromatic N) is 3. The molecule has 1 aromatic heterocycles. The van der Waals surface area contributed by atoms with Crippen LogP contribution >= 0.6 is 0 Å². The Morgan fingerprint density at radius 3 is 2.55 bits per heavy atom. The second kappa shape index (κ2) is 7.85. The summed E-state index contributed by atoms with van der Waals surface area (Å²) in [7, 11) is 4.08. The number of carbonyl (C=O) groups excluding carboxylic acids is 1. The smallest absolute Gasteiger partial charge is 0.272 e. The van der Waals surface area contributed by atoms with Crippen LogP contribution in [0.2, 0.25) is 0 Å². The lowest BCUT2D eigenvalue weighted by Gasteiger charge is -2.21. The zero-order valence-corrected chi connectivity index (χ0v) is 13.2. The fourth-order valence-electron chi connectivity index (χ4n) is 2.19. The first-order valence-corrected chi connectivity index (χ1v) is 7.14. The number of carbonyl (C=O) groups is 1. The summed E-state index contributed by atoms with van der Waals surface area (Å²) in [6.45, 7) is 8.40. The van der Waals surface area contributed by atoms with Gasteiger partial charge in [0.2, 0.25) is 0 Å². The third-order valence-electron chi connectivity index (χ3n) is 3.08. The average molecular weight is 278 g/mol. The van der Waals surface area contributed by atoms with E-state index in [1.807, 2.05) is 40.1 Å². The molecule has 0 aromatic carbocycles. The first-order valence-electron chi connectivity index (χ1n) is 7.14. The molecule has 0 spiro atoms. The van der Waals surface area contributed by atoms with E-state index in [1.54, 1.807) is 11.1 Å². The van der Waals surface area contributed by atoms with Crippen LogP contribution in [-0.2, 0) is 0 Å². The Morgan fingerprint density at radius 1 is 1.35 bits per heavy atom. The number of rotatable bonds is 7. The Kier molecular flexibility index (Phi) is 6.45. The molecule has 0 aliphatic heterocycles. The van der Waals surface area contributed by atoms with Crippen LogP contribution in [0.4, 0.5) is 5.69 Å². The number of pyridine rings is 1. The molecule has 1 rings (SSSR count). The van der Waals surface area contributed by atoms with Gasteiger partial charge in [0, 0.05) is 37.6 Å². The quantitative estimate of drug-likeness (QED) is 0.828. The molecule has 0 bridgehead atoms.